The van der Waals surface area contributed by atoms with E-state index < -0.39 is 8.32 Å². The summed E-state index contributed by atoms with van der Waals surface area (Å²) in [5, 5.41) is 0.290. The molecule has 1 aromatic rings. The van der Waals surface area contributed by atoms with Crippen molar-refractivity contribution in [2.45, 2.75) is 116 Å². The summed E-state index contributed by atoms with van der Waals surface area (Å²) in [5.74, 6) is 0.274. The minimum atomic E-state index is -1.61. The fourth-order valence-corrected chi connectivity index (χ4v) is 4.66. The number of benzene rings is 1. The molecule has 1 fully saturated rings. The highest BCUT2D eigenvalue weighted by molar-refractivity contribution is 6.74. The van der Waals surface area contributed by atoms with Crippen molar-refractivity contribution >= 4 is 15.4 Å². The fraction of sp³-hybridized carbons (Fsp3) is 0.760. The molecule has 0 N–H and O–H groups in total. The Labute approximate surface area is 187 Å². The second-order valence-electron chi connectivity index (χ2n) is 11.5. The van der Waals surface area contributed by atoms with Gasteiger partial charge in [0, 0.05) is 12.4 Å². The zero-order valence-corrected chi connectivity index (χ0v) is 22.0. The van der Waals surface area contributed by atoms with Crippen LogP contribution < -0.4 is 0 Å². The molecule has 2 rings (SSSR count). The molecule has 1 heterocycles. The maximum absolute atomic E-state index is 6.41. The highest BCUT2D eigenvalue weighted by Crippen LogP contribution is 2.42. The third-order valence-electron chi connectivity index (χ3n) is 7.51. The van der Waals surface area contributed by atoms with E-state index in [0.717, 1.165) is 19.4 Å². The van der Waals surface area contributed by atoms with Gasteiger partial charge in [0.25, 0.3) is 0 Å². The monoisotopic (exact) mass is 432 g/mol. The minimum Gasteiger partial charge on any atom is -0.417 e. The summed E-state index contributed by atoms with van der Waals surface area (Å²) in [4.78, 5) is 0. The highest BCUT2D eigenvalue weighted by atomic mass is 28.4. The first-order valence-electron chi connectivity index (χ1n) is 11.8. The zero-order valence-electron chi connectivity index (χ0n) is 21.0. The van der Waals surface area contributed by atoms with E-state index in [1.54, 1.807) is 0 Å². The van der Waals surface area contributed by atoms with Crippen LogP contribution in [0.1, 0.15) is 92.0 Å². The number of unbranched alkanes of at least 4 members (excludes halogenated alkanes) is 3. The quantitative estimate of drug-likeness (QED) is 0.285. The lowest BCUT2D eigenvalue weighted by Gasteiger charge is -2.36. The van der Waals surface area contributed by atoms with Crippen LogP contribution in [0.2, 0.25) is 18.1 Å². The maximum atomic E-state index is 6.41. The van der Waals surface area contributed by atoms with Gasteiger partial charge in [0.1, 0.15) is 0 Å². The Morgan fingerprint density at radius 2 is 1.43 bits per heavy atom. The molecule has 1 saturated heterocycles. The molecule has 1 aliphatic heterocycles. The van der Waals surface area contributed by atoms with Crippen LogP contribution in [0.3, 0.4) is 0 Å². The van der Waals surface area contributed by atoms with Crippen molar-refractivity contribution in [1.82, 2.24) is 0 Å². The first kappa shape index (κ1) is 25.6. The van der Waals surface area contributed by atoms with Crippen LogP contribution in [0.4, 0.5) is 0 Å². The van der Waals surface area contributed by atoms with Crippen molar-refractivity contribution in [2.75, 3.05) is 6.61 Å². The van der Waals surface area contributed by atoms with Gasteiger partial charge in [-0.25, -0.2) is 0 Å². The lowest BCUT2D eigenvalue weighted by atomic mass is 9.65. The smallest absolute Gasteiger partial charge is 0.417 e. The van der Waals surface area contributed by atoms with E-state index in [-0.39, 0.29) is 24.1 Å². The van der Waals surface area contributed by atoms with Gasteiger partial charge in [0.15, 0.2) is 8.32 Å². The van der Waals surface area contributed by atoms with Crippen LogP contribution in [0.15, 0.2) is 30.3 Å². The third-order valence-corrected chi connectivity index (χ3v) is 12.0. The van der Waals surface area contributed by atoms with E-state index in [9.17, 15) is 0 Å². The molecule has 0 amide bonds. The van der Waals surface area contributed by atoms with Crippen molar-refractivity contribution in [2.24, 2.45) is 0 Å². The molecule has 0 unspecified atom stereocenters. The normalized spacial score (nSPS) is 19.8. The summed E-state index contributed by atoms with van der Waals surface area (Å²) in [6.07, 6.45) is 5.87. The van der Waals surface area contributed by atoms with E-state index in [1.807, 2.05) is 0 Å². The maximum Gasteiger partial charge on any atom is 0.465 e. The molecule has 0 saturated carbocycles. The van der Waals surface area contributed by atoms with Gasteiger partial charge in [-0.05, 0) is 64.2 Å². The van der Waals surface area contributed by atoms with Crippen molar-refractivity contribution < 1.29 is 13.7 Å². The molecule has 30 heavy (non-hydrogen) atoms. The number of hydrogen-bond donors (Lipinski definition) is 0. The molecule has 0 aromatic heterocycles. The van der Waals surface area contributed by atoms with Crippen LogP contribution in [-0.4, -0.2) is 33.2 Å². The Hall–Kier alpha value is -0.618. The van der Waals surface area contributed by atoms with Gasteiger partial charge in [0.2, 0.25) is 0 Å². The minimum absolute atomic E-state index is 0.181. The highest BCUT2D eigenvalue weighted by Gasteiger charge is 2.53. The molecule has 1 aromatic carbocycles. The van der Waals surface area contributed by atoms with Gasteiger partial charge in [-0.3, -0.25) is 0 Å². The summed E-state index contributed by atoms with van der Waals surface area (Å²) in [7, 11) is -1.79. The molecule has 0 aliphatic carbocycles. The van der Waals surface area contributed by atoms with Crippen molar-refractivity contribution in [3.05, 3.63) is 35.9 Å². The zero-order chi connectivity index (χ0) is 22.6. The third kappa shape index (κ3) is 6.44. The van der Waals surface area contributed by atoms with Gasteiger partial charge in [-0.2, -0.15) is 0 Å². The molecule has 1 aliphatic rings. The van der Waals surface area contributed by atoms with E-state index >= 15 is 0 Å². The first-order valence-corrected chi connectivity index (χ1v) is 14.7. The number of rotatable bonds is 10. The molecule has 0 spiro atoms. The Bertz CT molecular complexity index is 636. The predicted octanol–water partition coefficient (Wildman–Crippen LogP) is 7.37. The molecular weight excluding hydrogens is 387 g/mol. The molecule has 170 valence electrons. The topological polar surface area (TPSA) is 27.7 Å². The summed E-state index contributed by atoms with van der Waals surface area (Å²) >= 11 is 0. The molecule has 0 bridgehead atoms. The average Bonchev–Trinajstić information content (AvgIpc) is 2.84. The lowest BCUT2D eigenvalue weighted by Crippen LogP contribution is -2.41. The standard InChI is InChI=1S/C25H45BO3Si/c1-23(2,3)30(8,9)27-20-16-11-10-15-19-22(21-17-13-12-14-18-21)26-28-24(4,5)25(6,7)29-26/h12-14,17-18,22H,10-11,15-16,19-20H2,1-9H3/t22-/m0/s1. The molecule has 3 nitrogen and oxygen atoms in total. The SMILES string of the molecule is CC1(C)OB([C@@H](CCCCCCO[Si](C)(C)C(C)(C)C)c2ccccc2)OC1(C)C. The Balaban J connectivity index is 1.84. The molecule has 1 atom stereocenters. The van der Waals surface area contributed by atoms with Crippen LogP contribution >= 0.6 is 0 Å². The van der Waals surface area contributed by atoms with Gasteiger partial charge in [0.05, 0.1) is 11.2 Å². The fourth-order valence-electron chi connectivity index (χ4n) is 3.58. The average molecular weight is 433 g/mol. The van der Waals surface area contributed by atoms with Crippen LogP contribution in [0.25, 0.3) is 0 Å². The van der Waals surface area contributed by atoms with Gasteiger partial charge >= 0.3 is 7.12 Å². The van der Waals surface area contributed by atoms with E-state index in [0.29, 0.717) is 5.04 Å². The second-order valence-corrected chi connectivity index (χ2v) is 16.3. The van der Waals surface area contributed by atoms with Crippen LogP contribution in [0, 0.1) is 0 Å². The predicted molar refractivity (Wildman–Crippen MR) is 131 cm³/mol. The van der Waals surface area contributed by atoms with Gasteiger partial charge < -0.3 is 13.7 Å². The lowest BCUT2D eigenvalue weighted by molar-refractivity contribution is 0.00578. The van der Waals surface area contributed by atoms with Gasteiger partial charge in [-0.1, -0.05) is 70.4 Å². The largest absolute Gasteiger partial charge is 0.465 e. The molecule has 0 radical (unpaired) electrons. The first-order chi connectivity index (χ1) is 13.8. The van der Waals surface area contributed by atoms with E-state index in [1.165, 1.54) is 24.8 Å². The molecular formula is C25H45BO3Si. The van der Waals surface area contributed by atoms with Crippen molar-refractivity contribution in [3.8, 4) is 0 Å². The number of hydrogen-bond acceptors (Lipinski definition) is 3. The van der Waals surface area contributed by atoms with E-state index in [2.05, 4.69) is 91.9 Å². The van der Waals surface area contributed by atoms with Crippen molar-refractivity contribution in [1.29, 1.82) is 0 Å². The summed E-state index contributed by atoms with van der Waals surface area (Å²) < 4.78 is 19.1. The Morgan fingerprint density at radius 1 is 0.900 bits per heavy atom. The van der Waals surface area contributed by atoms with Crippen LogP contribution in [0.5, 0.6) is 0 Å². The Morgan fingerprint density at radius 3 is 1.97 bits per heavy atom. The van der Waals surface area contributed by atoms with E-state index in [4.69, 9.17) is 13.7 Å². The second kappa shape index (κ2) is 9.89. The molecule has 5 heteroatoms. The summed E-state index contributed by atoms with van der Waals surface area (Å²) in [5.41, 5.74) is 0.745. The Kier molecular flexibility index (Phi) is 8.45. The van der Waals surface area contributed by atoms with Crippen molar-refractivity contribution in [3.63, 3.8) is 0 Å². The van der Waals surface area contributed by atoms with Crippen LogP contribution in [-0.2, 0) is 13.7 Å². The summed E-state index contributed by atoms with van der Waals surface area (Å²) in [6.45, 7) is 21.0. The summed E-state index contributed by atoms with van der Waals surface area (Å²) in [6, 6.07) is 10.7. The van der Waals surface area contributed by atoms with Gasteiger partial charge in [-0.15, -0.1) is 0 Å².